The minimum Gasteiger partial charge on any atom is -0.424 e. The van der Waals surface area contributed by atoms with Gasteiger partial charge in [-0.15, -0.1) is 5.10 Å². The Morgan fingerprint density at radius 3 is 2.53 bits per heavy atom. The molecule has 1 N–H and O–H groups in total. The standard InChI is InChI=1S/C21H20B3ClFN7O/c1-11-6-17(28-10-27-11)32-8-12-2-3-13(9-32)18(12)29-19-30-20(33(31-19)21(22,23)24)34-14-4-5-16(26)15(25)7-14/h4-7,10,12-13,18H,2-3,8-9H2,1H3,(H,29,31)/t12-,13+,18?. The number of fused-ring (bicyclic) bond motifs is 2. The van der Waals surface area contributed by atoms with E-state index in [0.717, 1.165) is 42.1 Å². The fraction of sp³-hybridized carbons (Fsp3) is 0.429. The average molecular weight is 473 g/mol. The van der Waals surface area contributed by atoms with Gasteiger partial charge in [0, 0.05) is 37.0 Å². The van der Waals surface area contributed by atoms with Gasteiger partial charge in [0.1, 0.15) is 23.7 Å². The van der Waals surface area contributed by atoms with Gasteiger partial charge in [-0.25, -0.2) is 19.0 Å². The van der Waals surface area contributed by atoms with E-state index in [9.17, 15) is 4.39 Å². The first-order valence-corrected chi connectivity index (χ1v) is 11.3. The van der Waals surface area contributed by atoms with Crippen molar-refractivity contribution in [3.05, 3.63) is 47.1 Å². The summed E-state index contributed by atoms with van der Waals surface area (Å²) in [5.74, 6) is 1.66. The number of nitrogens with zero attached hydrogens (tertiary/aromatic N) is 6. The molecule has 3 aromatic rings. The second kappa shape index (κ2) is 8.80. The first kappa shape index (κ1) is 23.0. The Hall–Kier alpha value is -2.75. The van der Waals surface area contributed by atoms with Gasteiger partial charge in [-0.3, -0.25) is 0 Å². The molecule has 1 unspecified atom stereocenters. The maximum absolute atomic E-state index is 13.5. The summed E-state index contributed by atoms with van der Waals surface area (Å²) in [6, 6.07) is 6.03. The van der Waals surface area contributed by atoms with Crippen LogP contribution in [0.4, 0.5) is 16.2 Å². The van der Waals surface area contributed by atoms with Crippen molar-refractivity contribution < 1.29 is 9.13 Å². The Balaban J connectivity index is 1.35. The fourth-order valence-corrected chi connectivity index (χ4v) is 4.90. The highest BCUT2D eigenvalue weighted by Gasteiger charge is 2.43. The van der Waals surface area contributed by atoms with Gasteiger partial charge in [-0.05, 0) is 49.0 Å². The van der Waals surface area contributed by atoms with Crippen molar-refractivity contribution in [2.75, 3.05) is 23.3 Å². The van der Waals surface area contributed by atoms with E-state index in [-0.39, 0.29) is 22.8 Å². The lowest BCUT2D eigenvalue weighted by atomic mass is 9.49. The van der Waals surface area contributed by atoms with Crippen LogP contribution in [0.5, 0.6) is 11.8 Å². The normalized spacial score (nSPS) is 22.1. The van der Waals surface area contributed by atoms with E-state index >= 15 is 0 Å². The quantitative estimate of drug-likeness (QED) is 0.551. The van der Waals surface area contributed by atoms with E-state index in [1.54, 1.807) is 6.33 Å². The van der Waals surface area contributed by atoms with E-state index in [4.69, 9.17) is 39.9 Å². The van der Waals surface area contributed by atoms with E-state index in [2.05, 4.69) is 30.3 Å². The molecule has 1 saturated heterocycles. The van der Waals surface area contributed by atoms with E-state index in [1.807, 2.05) is 13.0 Å². The number of rotatable bonds is 6. The van der Waals surface area contributed by atoms with Gasteiger partial charge in [0.2, 0.25) is 5.95 Å². The first-order valence-electron chi connectivity index (χ1n) is 10.9. The van der Waals surface area contributed by atoms with Crippen molar-refractivity contribution >= 4 is 46.9 Å². The van der Waals surface area contributed by atoms with Gasteiger partial charge >= 0.3 is 6.01 Å². The van der Waals surface area contributed by atoms with Crippen LogP contribution in [0.15, 0.2) is 30.6 Å². The molecular formula is C21H20B3ClFN7O. The molecule has 3 atom stereocenters. The molecule has 0 spiro atoms. The lowest BCUT2D eigenvalue weighted by molar-refractivity contribution is 0.374. The van der Waals surface area contributed by atoms with Gasteiger partial charge in [0.05, 0.1) is 28.6 Å². The van der Waals surface area contributed by atoms with Gasteiger partial charge in [0.25, 0.3) is 0 Å². The summed E-state index contributed by atoms with van der Waals surface area (Å²) in [7, 11) is 17.6. The molecule has 8 nitrogen and oxygen atoms in total. The molecule has 1 aromatic carbocycles. The second-order valence-corrected chi connectivity index (χ2v) is 9.29. The third-order valence-electron chi connectivity index (χ3n) is 6.29. The van der Waals surface area contributed by atoms with Crippen molar-refractivity contribution in [1.82, 2.24) is 24.7 Å². The monoisotopic (exact) mass is 473 g/mol. The Morgan fingerprint density at radius 2 is 1.88 bits per heavy atom. The summed E-state index contributed by atoms with van der Waals surface area (Å²) in [6.45, 7) is 3.68. The average Bonchev–Trinajstić information content (AvgIpc) is 3.27. The molecule has 34 heavy (non-hydrogen) atoms. The van der Waals surface area contributed by atoms with Crippen LogP contribution < -0.4 is 15.0 Å². The maximum atomic E-state index is 13.5. The van der Waals surface area contributed by atoms with Crippen LogP contribution in [0.3, 0.4) is 0 Å². The SMILES string of the molecule is [B]C([B])([B])n1nc(NC2[C@@H]3CC[C@H]2CN(c2cc(C)ncn2)C3)nc1Oc1ccc(F)c(Cl)c1. The molecule has 5 rings (SSSR count). The van der Waals surface area contributed by atoms with Crippen molar-refractivity contribution in [1.29, 1.82) is 0 Å². The van der Waals surface area contributed by atoms with Gasteiger partial charge in [-0.1, -0.05) is 11.6 Å². The van der Waals surface area contributed by atoms with Crippen molar-refractivity contribution in [3.8, 4) is 11.8 Å². The predicted octanol–water partition coefficient (Wildman–Crippen LogP) is 2.36. The highest BCUT2D eigenvalue weighted by Crippen LogP contribution is 2.40. The van der Waals surface area contributed by atoms with E-state index in [1.165, 1.54) is 18.2 Å². The Labute approximate surface area is 205 Å². The van der Waals surface area contributed by atoms with Gasteiger partial charge in [-0.2, -0.15) is 4.98 Å². The van der Waals surface area contributed by atoms with Gasteiger partial charge in [0.15, 0.2) is 0 Å². The van der Waals surface area contributed by atoms with Crippen LogP contribution >= 0.6 is 11.6 Å². The van der Waals surface area contributed by atoms with Crippen LogP contribution in [0.1, 0.15) is 18.5 Å². The zero-order valence-electron chi connectivity index (χ0n) is 18.5. The summed E-state index contributed by atoms with van der Waals surface area (Å²) < 4.78 is 20.3. The number of nitrogens with one attached hydrogen (secondary N) is 1. The lowest BCUT2D eigenvalue weighted by Crippen LogP contribution is -2.48. The predicted molar refractivity (Wildman–Crippen MR) is 129 cm³/mol. The lowest BCUT2D eigenvalue weighted by Gasteiger charge is -2.38. The molecule has 13 heteroatoms. The molecular weight excluding hydrogens is 453 g/mol. The molecule has 0 amide bonds. The smallest absolute Gasteiger partial charge is 0.320 e. The number of anilines is 2. The number of aromatic nitrogens is 5. The second-order valence-electron chi connectivity index (χ2n) is 8.89. The summed E-state index contributed by atoms with van der Waals surface area (Å²) >= 11 is 5.85. The van der Waals surface area contributed by atoms with E-state index in [0.29, 0.717) is 17.8 Å². The number of benzene rings is 1. The summed E-state index contributed by atoms with van der Waals surface area (Å²) in [5, 5.41) is 5.82. The molecule has 2 bridgehead atoms. The Bertz CT molecular complexity index is 1190. The van der Waals surface area contributed by atoms with Crippen LogP contribution in [-0.4, -0.2) is 67.4 Å². The highest BCUT2D eigenvalue weighted by atomic mass is 35.5. The molecule has 1 aliphatic carbocycles. The topological polar surface area (TPSA) is 81.0 Å². The zero-order valence-corrected chi connectivity index (χ0v) is 19.3. The zero-order chi connectivity index (χ0) is 24.0. The van der Waals surface area contributed by atoms with E-state index < -0.39 is 11.1 Å². The minimum atomic E-state index is -1.86. The summed E-state index contributed by atoms with van der Waals surface area (Å²) in [4.78, 5) is 15.3. The third-order valence-corrected chi connectivity index (χ3v) is 6.58. The number of piperidine rings is 1. The molecule has 3 heterocycles. The molecule has 1 aliphatic heterocycles. The number of halogens is 2. The van der Waals surface area contributed by atoms with Crippen molar-refractivity contribution in [2.45, 2.75) is 31.0 Å². The van der Waals surface area contributed by atoms with Crippen LogP contribution in [-0.2, 0) is 5.24 Å². The molecule has 6 radical (unpaired) electrons. The molecule has 2 aliphatic rings. The summed E-state index contributed by atoms with van der Waals surface area (Å²) in [5.41, 5.74) is 0.941. The molecule has 1 saturated carbocycles. The largest absolute Gasteiger partial charge is 0.424 e. The number of hydrogen-bond acceptors (Lipinski definition) is 7. The summed E-state index contributed by atoms with van der Waals surface area (Å²) in [6.07, 6.45) is 3.76. The molecule has 2 fully saturated rings. The Morgan fingerprint density at radius 1 is 1.15 bits per heavy atom. The Kier molecular flexibility index (Phi) is 5.96. The highest BCUT2D eigenvalue weighted by molar-refractivity contribution is 6.56. The van der Waals surface area contributed by atoms with Crippen LogP contribution in [0, 0.1) is 24.6 Å². The molecule has 2 aromatic heterocycles. The van der Waals surface area contributed by atoms with Crippen molar-refractivity contribution in [2.24, 2.45) is 11.8 Å². The molecule has 168 valence electrons. The third kappa shape index (κ3) is 4.60. The number of aryl methyl sites for hydroxylation is 1. The van der Waals surface area contributed by atoms with Crippen molar-refractivity contribution in [3.63, 3.8) is 0 Å². The first-order chi connectivity index (χ1) is 16.2. The van der Waals surface area contributed by atoms with Gasteiger partial charge < -0.3 is 15.0 Å². The van der Waals surface area contributed by atoms with Crippen LogP contribution in [0.25, 0.3) is 0 Å². The fourth-order valence-electron chi connectivity index (χ4n) is 4.73. The number of ether oxygens (including phenoxy) is 1. The number of hydrogen-bond donors (Lipinski definition) is 1. The maximum Gasteiger partial charge on any atom is 0.320 e. The van der Waals surface area contributed by atoms with Crippen LogP contribution in [0.2, 0.25) is 5.02 Å². The minimum absolute atomic E-state index is 0.0427.